The SMILES string of the molecule is CC[C@H](C)[C@H](NC(=O)[C@H]1CCCCN1C)C(=O)N(C)[C@H](C[C@@H](OC(C)=O)c1nc(C(=O)NS(=O)(=O)c2ccc(NC(=O)OC(C)(C)C)cc2)cs1)C(C)C. The highest BCUT2D eigenvalue weighted by Crippen LogP contribution is 2.31. The molecule has 0 unspecified atom stereocenters. The number of hydrogen-bond acceptors (Lipinski definition) is 12. The number of esters is 1. The number of rotatable bonds is 15. The summed E-state index contributed by atoms with van der Waals surface area (Å²) in [6.45, 7) is 14.9. The number of carbonyl (C=O) groups is 5. The molecule has 0 bridgehead atoms. The zero-order valence-corrected chi connectivity index (χ0v) is 34.6. The maximum atomic E-state index is 14.1. The van der Waals surface area contributed by atoms with Crippen LogP contribution < -0.4 is 15.4 Å². The van der Waals surface area contributed by atoms with Crippen LogP contribution in [0.2, 0.25) is 0 Å². The summed E-state index contributed by atoms with van der Waals surface area (Å²) >= 11 is 1.01. The van der Waals surface area contributed by atoms with E-state index in [1.807, 2.05) is 44.4 Å². The number of nitrogens with one attached hydrogen (secondary N) is 3. The Balaban J connectivity index is 1.77. The van der Waals surface area contributed by atoms with E-state index in [1.54, 1.807) is 32.7 Å². The summed E-state index contributed by atoms with van der Waals surface area (Å²) in [5.41, 5.74) is -0.647. The van der Waals surface area contributed by atoms with Crippen molar-refractivity contribution in [3.05, 3.63) is 40.3 Å². The summed E-state index contributed by atoms with van der Waals surface area (Å²) < 4.78 is 39.0. The molecular formula is C37H56N6O9S2. The van der Waals surface area contributed by atoms with Crippen molar-refractivity contribution in [2.24, 2.45) is 11.8 Å². The van der Waals surface area contributed by atoms with Crippen LogP contribution in [0, 0.1) is 11.8 Å². The van der Waals surface area contributed by atoms with E-state index in [4.69, 9.17) is 9.47 Å². The maximum Gasteiger partial charge on any atom is 0.412 e. The van der Waals surface area contributed by atoms with Crippen LogP contribution in [-0.2, 0) is 33.9 Å². The Bertz CT molecular complexity index is 1740. The Morgan fingerprint density at radius 1 is 1.07 bits per heavy atom. The van der Waals surface area contributed by atoms with Crippen LogP contribution in [-0.4, -0.2) is 97.4 Å². The summed E-state index contributed by atoms with van der Waals surface area (Å²) in [7, 11) is -0.760. The Morgan fingerprint density at radius 3 is 2.28 bits per heavy atom. The summed E-state index contributed by atoms with van der Waals surface area (Å²) in [5.74, 6) is -2.32. The lowest BCUT2D eigenvalue weighted by molar-refractivity contribution is -0.149. The second kappa shape index (κ2) is 19.0. The van der Waals surface area contributed by atoms with Gasteiger partial charge in [0.1, 0.15) is 22.3 Å². The number of ether oxygens (including phenoxy) is 2. The Morgan fingerprint density at radius 2 is 1.72 bits per heavy atom. The molecule has 5 atom stereocenters. The number of nitrogens with zero attached hydrogens (tertiary/aromatic N) is 3. The molecule has 2 heterocycles. The zero-order chi connectivity index (χ0) is 40.5. The molecule has 0 radical (unpaired) electrons. The third-order valence-corrected chi connectivity index (χ3v) is 11.6. The van der Waals surface area contributed by atoms with Crippen molar-refractivity contribution in [1.29, 1.82) is 0 Å². The van der Waals surface area contributed by atoms with Gasteiger partial charge in [-0.1, -0.05) is 40.5 Å². The molecule has 1 aromatic carbocycles. The number of carbonyl (C=O) groups excluding carboxylic acids is 5. The van der Waals surface area contributed by atoms with E-state index >= 15 is 0 Å². The first-order valence-corrected chi connectivity index (χ1v) is 20.6. The van der Waals surface area contributed by atoms with Gasteiger partial charge >= 0.3 is 12.1 Å². The van der Waals surface area contributed by atoms with Crippen LogP contribution in [0.3, 0.4) is 0 Å². The minimum absolute atomic E-state index is 0.117. The van der Waals surface area contributed by atoms with Crippen molar-refractivity contribution in [1.82, 2.24) is 24.8 Å². The predicted octanol–water partition coefficient (Wildman–Crippen LogP) is 5.10. The molecule has 1 saturated heterocycles. The van der Waals surface area contributed by atoms with Crippen molar-refractivity contribution in [3.63, 3.8) is 0 Å². The fourth-order valence-corrected chi connectivity index (χ4v) is 7.93. The molecule has 17 heteroatoms. The van der Waals surface area contributed by atoms with E-state index in [9.17, 15) is 32.4 Å². The highest BCUT2D eigenvalue weighted by Gasteiger charge is 2.37. The minimum atomic E-state index is -4.34. The molecule has 3 rings (SSSR count). The summed E-state index contributed by atoms with van der Waals surface area (Å²) in [5, 5.41) is 7.15. The number of thiazole rings is 1. The highest BCUT2D eigenvalue weighted by molar-refractivity contribution is 7.90. The normalized spacial score (nSPS) is 17.4. The fraction of sp³-hybridized carbons (Fsp3) is 0.622. The van der Waals surface area contributed by atoms with E-state index < -0.39 is 51.8 Å². The van der Waals surface area contributed by atoms with Gasteiger partial charge in [-0.15, -0.1) is 11.3 Å². The van der Waals surface area contributed by atoms with Gasteiger partial charge in [0.2, 0.25) is 11.8 Å². The summed E-state index contributed by atoms with van der Waals surface area (Å²) in [4.78, 5) is 72.7. The van der Waals surface area contributed by atoms with Gasteiger partial charge in [-0.25, -0.2) is 22.9 Å². The smallest absolute Gasteiger partial charge is 0.412 e. The van der Waals surface area contributed by atoms with E-state index in [2.05, 4.69) is 15.6 Å². The van der Waals surface area contributed by atoms with Gasteiger partial charge in [-0.2, -0.15) is 0 Å². The monoisotopic (exact) mass is 792 g/mol. The van der Waals surface area contributed by atoms with E-state index in [-0.39, 0.29) is 57.4 Å². The van der Waals surface area contributed by atoms with Crippen molar-refractivity contribution >= 4 is 56.8 Å². The molecule has 1 aliphatic heterocycles. The average Bonchev–Trinajstić information content (AvgIpc) is 3.58. The standard InChI is InChI=1S/C37H56N6O9S2/c1-11-23(4)31(40-33(46)28-14-12-13-19-42(28)9)35(47)43(10)29(22(2)3)20-30(51-24(5)44)34-39-27(21-53-34)32(45)41-54(49,50)26-17-15-25(16-18-26)38-36(48)52-37(6,7)8/h15-18,21-23,28-31H,11-14,19-20H2,1-10H3,(H,38,48)(H,40,46)(H,41,45)/t23-,28+,29+,30+,31-/m0/s1. The van der Waals surface area contributed by atoms with Gasteiger partial charge < -0.3 is 19.7 Å². The Labute approximate surface area is 323 Å². The molecule has 1 aromatic heterocycles. The minimum Gasteiger partial charge on any atom is -0.455 e. The molecule has 3 N–H and O–H groups in total. The quantitative estimate of drug-likeness (QED) is 0.203. The van der Waals surface area contributed by atoms with Crippen LogP contribution in [0.1, 0.15) is 109 Å². The topological polar surface area (TPSA) is 193 Å². The second-order valence-corrected chi connectivity index (χ2v) is 17.7. The van der Waals surface area contributed by atoms with Crippen LogP contribution in [0.4, 0.5) is 10.5 Å². The van der Waals surface area contributed by atoms with E-state index in [0.29, 0.717) is 6.42 Å². The summed E-state index contributed by atoms with van der Waals surface area (Å²) in [6, 6.07) is 3.60. The first-order chi connectivity index (χ1) is 25.1. The van der Waals surface area contributed by atoms with Crippen LogP contribution >= 0.6 is 11.3 Å². The van der Waals surface area contributed by atoms with Crippen molar-refractivity contribution in [2.45, 2.75) is 122 Å². The lowest BCUT2D eigenvalue weighted by atomic mass is 9.92. The number of amides is 4. The number of hydrogen-bond donors (Lipinski definition) is 3. The lowest BCUT2D eigenvalue weighted by Crippen LogP contribution is -2.58. The van der Waals surface area contributed by atoms with Gasteiger partial charge in [0, 0.05) is 37.5 Å². The number of sulfonamides is 1. The molecule has 1 fully saturated rings. The van der Waals surface area contributed by atoms with Gasteiger partial charge in [0.05, 0.1) is 10.9 Å². The van der Waals surface area contributed by atoms with Crippen molar-refractivity contribution in [2.75, 3.05) is 26.0 Å². The molecule has 2 aromatic rings. The zero-order valence-electron chi connectivity index (χ0n) is 32.9. The molecule has 300 valence electrons. The van der Waals surface area contributed by atoms with Gasteiger partial charge in [-0.3, -0.25) is 29.4 Å². The molecule has 4 amide bonds. The molecule has 0 spiro atoms. The second-order valence-electron chi connectivity index (χ2n) is 15.1. The van der Waals surface area contributed by atoms with Gasteiger partial charge in [0.15, 0.2) is 6.10 Å². The number of piperidine rings is 1. The van der Waals surface area contributed by atoms with Crippen LogP contribution in [0.15, 0.2) is 34.5 Å². The first-order valence-electron chi connectivity index (χ1n) is 18.2. The molecule has 0 saturated carbocycles. The highest BCUT2D eigenvalue weighted by atomic mass is 32.2. The van der Waals surface area contributed by atoms with Gasteiger partial charge in [0.25, 0.3) is 15.9 Å². The first kappa shape index (κ1) is 44.3. The molecular weight excluding hydrogens is 737 g/mol. The largest absolute Gasteiger partial charge is 0.455 e. The molecule has 15 nitrogen and oxygen atoms in total. The van der Waals surface area contributed by atoms with E-state index in [1.165, 1.54) is 36.6 Å². The van der Waals surface area contributed by atoms with Crippen molar-refractivity contribution in [3.8, 4) is 0 Å². The van der Waals surface area contributed by atoms with Crippen LogP contribution in [0.25, 0.3) is 0 Å². The average molecular weight is 793 g/mol. The fourth-order valence-electron chi connectivity index (χ4n) is 6.13. The van der Waals surface area contributed by atoms with Crippen LogP contribution in [0.5, 0.6) is 0 Å². The number of anilines is 1. The number of benzene rings is 1. The molecule has 0 aliphatic carbocycles. The van der Waals surface area contributed by atoms with Gasteiger partial charge in [-0.05, 0) is 83.3 Å². The number of aromatic nitrogens is 1. The Kier molecular flexibility index (Phi) is 15.6. The predicted molar refractivity (Wildman–Crippen MR) is 205 cm³/mol. The Hall–Kier alpha value is -4.09. The lowest BCUT2D eigenvalue weighted by Gasteiger charge is -2.38. The molecule has 54 heavy (non-hydrogen) atoms. The maximum absolute atomic E-state index is 14.1. The van der Waals surface area contributed by atoms with E-state index in [0.717, 1.165) is 37.1 Å². The number of likely N-dealkylation sites (tertiary alicyclic amines) is 1. The number of likely N-dealkylation sites (N-methyl/N-ethyl adjacent to an activating group) is 2. The third-order valence-electron chi connectivity index (χ3n) is 9.30. The molecule has 1 aliphatic rings. The van der Waals surface area contributed by atoms with Crippen molar-refractivity contribution < 1.29 is 41.9 Å². The third kappa shape index (κ3) is 12.5. The summed E-state index contributed by atoms with van der Waals surface area (Å²) in [6.07, 6.45) is 1.79.